The van der Waals surface area contributed by atoms with E-state index in [0.29, 0.717) is 11.5 Å². The van der Waals surface area contributed by atoms with Crippen LogP contribution in [-0.2, 0) is 4.74 Å². The lowest BCUT2D eigenvalue weighted by molar-refractivity contribution is 0.0594. The summed E-state index contributed by atoms with van der Waals surface area (Å²) in [5.41, 5.74) is 7.73. The Labute approximate surface area is 115 Å². The molecule has 5 nitrogen and oxygen atoms in total. The zero-order valence-corrected chi connectivity index (χ0v) is 11.5. The molecule has 1 atom stereocenters. The Morgan fingerprint density at radius 1 is 1.47 bits per heavy atom. The van der Waals surface area contributed by atoms with Gasteiger partial charge in [-0.3, -0.25) is 0 Å². The number of thiophene rings is 1. The molecule has 2 aromatic rings. The van der Waals surface area contributed by atoms with Gasteiger partial charge in [0.1, 0.15) is 0 Å². The maximum absolute atomic E-state index is 11.4. The average molecular weight is 277 g/mol. The molecule has 100 valence electrons. The number of hydrogen-bond acceptors (Lipinski definition) is 6. The molecular formula is C13H15N3O2S. The zero-order valence-electron chi connectivity index (χ0n) is 10.7. The number of nitrogens with one attached hydrogen (secondary N) is 1. The quantitative estimate of drug-likeness (QED) is 0.840. The Kier molecular flexibility index (Phi) is 4.01. The Balaban J connectivity index is 2.22. The van der Waals surface area contributed by atoms with Crippen LogP contribution in [-0.4, -0.2) is 18.1 Å². The summed E-state index contributed by atoms with van der Waals surface area (Å²) in [5, 5.41) is 7.26. The van der Waals surface area contributed by atoms with Crippen molar-refractivity contribution in [1.82, 2.24) is 4.98 Å². The van der Waals surface area contributed by atoms with Crippen LogP contribution in [0, 0.1) is 0 Å². The highest BCUT2D eigenvalue weighted by Gasteiger charge is 2.13. The van der Waals surface area contributed by atoms with Crippen molar-refractivity contribution in [2.24, 2.45) is 0 Å². The number of anilines is 2. The number of nitrogens with two attached hydrogens (primary N) is 1. The minimum absolute atomic E-state index is 0.0638. The van der Waals surface area contributed by atoms with Gasteiger partial charge in [-0.25, -0.2) is 9.78 Å². The van der Waals surface area contributed by atoms with Gasteiger partial charge in [-0.05, 0) is 41.4 Å². The average Bonchev–Trinajstić information content (AvgIpc) is 2.94. The molecule has 0 radical (unpaired) electrons. The third-order valence-corrected chi connectivity index (χ3v) is 3.42. The van der Waals surface area contributed by atoms with Gasteiger partial charge in [0.15, 0.2) is 11.5 Å². The molecule has 0 aliphatic rings. The monoisotopic (exact) mass is 277 g/mol. The number of nitrogens with zero attached hydrogens (tertiary/aromatic N) is 1. The van der Waals surface area contributed by atoms with Crippen molar-refractivity contribution < 1.29 is 9.53 Å². The highest BCUT2D eigenvalue weighted by atomic mass is 32.1. The van der Waals surface area contributed by atoms with E-state index < -0.39 is 5.97 Å². The van der Waals surface area contributed by atoms with E-state index in [1.54, 1.807) is 23.5 Å². The second-order valence-electron chi connectivity index (χ2n) is 4.05. The predicted octanol–water partition coefficient (Wildman–Crippen LogP) is 2.69. The minimum Gasteiger partial charge on any atom is -0.464 e. The molecule has 0 aliphatic carbocycles. The van der Waals surface area contributed by atoms with E-state index in [1.807, 2.05) is 18.4 Å². The summed E-state index contributed by atoms with van der Waals surface area (Å²) in [6.45, 7) is 2.01. The lowest BCUT2D eigenvalue weighted by atomic mass is 10.2. The van der Waals surface area contributed by atoms with Crippen LogP contribution >= 0.6 is 11.3 Å². The second kappa shape index (κ2) is 5.71. The van der Waals surface area contributed by atoms with Crippen LogP contribution in [0.25, 0.3) is 0 Å². The molecule has 0 aromatic carbocycles. The molecule has 0 bridgehead atoms. The van der Waals surface area contributed by atoms with Crippen LogP contribution in [0.3, 0.4) is 0 Å². The van der Waals surface area contributed by atoms with Gasteiger partial charge in [0.25, 0.3) is 0 Å². The van der Waals surface area contributed by atoms with Crippen molar-refractivity contribution in [3.8, 4) is 0 Å². The summed E-state index contributed by atoms with van der Waals surface area (Å²) < 4.78 is 4.64. The fraction of sp³-hybridized carbons (Fsp3) is 0.231. The normalized spacial score (nSPS) is 11.9. The van der Waals surface area contributed by atoms with Gasteiger partial charge in [0.05, 0.1) is 18.8 Å². The molecule has 0 aliphatic heterocycles. The van der Waals surface area contributed by atoms with Crippen molar-refractivity contribution in [1.29, 1.82) is 0 Å². The summed E-state index contributed by atoms with van der Waals surface area (Å²) in [6.07, 6.45) is 0. The third-order valence-electron chi connectivity index (χ3n) is 2.72. The molecule has 0 fully saturated rings. The van der Waals surface area contributed by atoms with Crippen molar-refractivity contribution in [2.75, 3.05) is 18.2 Å². The molecule has 0 amide bonds. The van der Waals surface area contributed by atoms with Crippen LogP contribution in [0.2, 0.25) is 0 Å². The highest BCUT2D eigenvalue weighted by Crippen LogP contribution is 2.24. The van der Waals surface area contributed by atoms with Crippen LogP contribution in [0.5, 0.6) is 0 Å². The molecule has 2 heterocycles. The summed E-state index contributed by atoms with van der Waals surface area (Å²) >= 11 is 1.63. The first-order chi connectivity index (χ1) is 9.11. The number of hydrogen-bond donors (Lipinski definition) is 2. The van der Waals surface area contributed by atoms with Gasteiger partial charge in [-0.1, -0.05) is 0 Å². The molecule has 19 heavy (non-hydrogen) atoms. The largest absolute Gasteiger partial charge is 0.464 e. The number of esters is 1. The van der Waals surface area contributed by atoms with E-state index >= 15 is 0 Å². The molecule has 6 heteroatoms. The van der Waals surface area contributed by atoms with Crippen LogP contribution in [0.4, 0.5) is 11.5 Å². The predicted molar refractivity (Wildman–Crippen MR) is 76.3 cm³/mol. The maximum Gasteiger partial charge on any atom is 0.356 e. The Hall–Kier alpha value is -2.08. The minimum atomic E-state index is -0.480. The molecule has 1 unspecified atom stereocenters. The standard InChI is InChI=1S/C13H15N3O2S/c1-8(9-5-6-19-7-9)15-12-10(14)3-4-11(16-12)13(17)18-2/h3-8H,14H2,1-2H3,(H,15,16). The van der Waals surface area contributed by atoms with Crippen molar-refractivity contribution in [3.05, 3.63) is 40.2 Å². The molecule has 2 rings (SSSR count). The molecule has 0 saturated heterocycles. The highest BCUT2D eigenvalue weighted by molar-refractivity contribution is 7.07. The number of carbonyl (C=O) groups excluding carboxylic acids is 1. The van der Waals surface area contributed by atoms with Gasteiger partial charge in [-0.15, -0.1) is 0 Å². The second-order valence-corrected chi connectivity index (χ2v) is 4.83. The number of ether oxygens (including phenoxy) is 1. The maximum atomic E-state index is 11.4. The summed E-state index contributed by atoms with van der Waals surface area (Å²) in [6, 6.07) is 5.28. The Bertz CT molecular complexity index is 569. The number of pyridine rings is 1. The van der Waals surface area contributed by atoms with E-state index in [-0.39, 0.29) is 11.7 Å². The van der Waals surface area contributed by atoms with Crippen molar-refractivity contribution in [2.45, 2.75) is 13.0 Å². The number of methoxy groups -OCH3 is 1. The van der Waals surface area contributed by atoms with E-state index in [4.69, 9.17) is 5.73 Å². The zero-order chi connectivity index (χ0) is 13.8. The first-order valence-electron chi connectivity index (χ1n) is 5.75. The first kappa shape index (κ1) is 13.4. The van der Waals surface area contributed by atoms with E-state index in [2.05, 4.69) is 20.4 Å². The number of aromatic nitrogens is 1. The third kappa shape index (κ3) is 3.03. The van der Waals surface area contributed by atoms with E-state index in [9.17, 15) is 4.79 Å². The summed E-state index contributed by atoms with van der Waals surface area (Å²) in [4.78, 5) is 15.6. The van der Waals surface area contributed by atoms with Crippen molar-refractivity contribution in [3.63, 3.8) is 0 Å². The van der Waals surface area contributed by atoms with Gasteiger partial charge < -0.3 is 15.8 Å². The van der Waals surface area contributed by atoms with Crippen LogP contribution in [0.1, 0.15) is 29.0 Å². The number of nitrogen functional groups attached to an aromatic ring is 1. The molecule has 0 spiro atoms. The number of carbonyl (C=O) groups is 1. The molecule has 3 N–H and O–H groups in total. The van der Waals surface area contributed by atoms with Gasteiger partial charge in [0.2, 0.25) is 0 Å². The fourth-order valence-electron chi connectivity index (χ4n) is 1.61. The van der Waals surface area contributed by atoms with Crippen LogP contribution in [0.15, 0.2) is 29.0 Å². The number of rotatable bonds is 4. The Morgan fingerprint density at radius 2 is 2.26 bits per heavy atom. The molecule has 2 aromatic heterocycles. The Morgan fingerprint density at radius 3 is 2.89 bits per heavy atom. The van der Waals surface area contributed by atoms with E-state index in [0.717, 1.165) is 5.56 Å². The summed E-state index contributed by atoms with van der Waals surface area (Å²) in [5.74, 6) is 0.00726. The lowest BCUT2D eigenvalue weighted by Gasteiger charge is -2.15. The molecular weight excluding hydrogens is 262 g/mol. The van der Waals surface area contributed by atoms with Gasteiger partial charge >= 0.3 is 5.97 Å². The smallest absolute Gasteiger partial charge is 0.356 e. The first-order valence-corrected chi connectivity index (χ1v) is 6.69. The SMILES string of the molecule is COC(=O)c1ccc(N)c(NC(C)c2ccsc2)n1. The fourth-order valence-corrected chi connectivity index (χ4v) is 2.37. The summed E-state index contributed by atoms with van der Waals surface area (Å²) in [7, 11) is 1.32. The van der Waals surface area contributed by atoms with Crippen molar-refractivity contribution >= 4 is 28.8 Å². The lowest BCUT2D eigenvalue weighted by Crippen LogP contribution is -2.12. The van der Waals surface area contributed by atoms with Crippen LogP contribution < -0.4 is 11.1 Å². The topological polar surface area (TPSA) is 77.2 Å². The van der Waals surface area contributed by atoms with E-state index in [1.165, 1.54) is 7.11 Å². The van der Waals surface area contributed by atoms with Gasteiger partial charge in [-0.2, -0.15) is 11.3 Å². The molecule has 0 saturated carbocycles. The van der Waals surface area contributed by atoms with Gasteiger partial charge in [0, 0.05) is 0 Å².